The molecule has 0 radical (unpaired) electrons. The number of ether oxygens (including phenoxy) is 1. The Morgan fingerprint density at radius 2 is 1.71 bits per heavy atom. The number of unbranched alkanes of at least 4 members (excludes halogenated alkanes) is 2. The normalized spacial score (nSPS) is 17.2. The fourth-order valence-electron chi connectivity index (χ4n) is 4.08. The number of hydrogen-bond acceptors (Lipinski definition) is 4. The smallest absolute Gasteiger partial charge is 0.300 e. The molecular formula is C28H26FNO4. The Balaban J connectivity index is 1.74. The van der Waals surface area contributed by atoms with Crippen molar-refractivity contribution >= 4 is 23.1 Å². The predicted octanol–water partition coefficient (Wildman–Crippen LogP) is 6.02. The third-order valence-corrected chi connectivity index (χ3v) is 5.79. The maximum Gasteiger partial charge on any atom is 0.300 e. The minimum Gasteiger partial charge on any atom is -0.507 e. The van der Waals surface area contributed by atoms with Crippen molar-refractivity contribution < 1.29 is 23.8 Å². The Kier molecular flexibility index (Phi) is 7.07. The van der Waals surface area contributed by atoms with Gasteiger partial charge < -0.3 is 9.84 Å². The van der Waals surface area contributed by atoms with Crippen LogP contribution in [0.3, 0.4) is 0 Å². The summed E-state index contributed by atoms with van der Waals surface area (Å²) in [6.45, 7) is 2.73. The van der Waals surface area contributed by atoms with Crippen LogP contribution in [-0.2, 0) is 9.59 Å². The number of benzene rings is 3. The second-order valence-corrected chi connectivity index (χ2v) is 8.14. The van der Waals surface area contributed by atoms with Gasteiger partial charge in [-0.15, -0.1) is 0 Å². The van der Waals surface area contributed by atoms with Crippen molar-refractivity contribution in [2.24, 2.45) is 0 Å². The van der Waals surface area contributed by atoms with Crippen molar-refractivity contribution in [1.82, 2.24) is 0 Å². The van der Waals surface area contributed by atoms with Gasteiger partial charge in [-0.2, -0.15) is 0 Å². The van der Waals surface area contributed by atoms with E-state index in [1.165, 1.54) is 23.1 Å². The van der Waals surface area contributed by atoms with Gasteiger partial charge in [-0.3, -0.25) is 14.5 Å². The molecule has 1 aliphatic rings. The summed E-state index contributed by atoms with van der Waals surface area (Å²) in [7, 11) is 0. The highest BCUT2D eigenvalue weighted by Gasteiger charge is 2.47. The van der Waals surface area contributed by atoms with Gasteiger partial charge in [-0.25, -0.2) is 4.39 Å². The van der Waals surface area contributed by atoms with Crippen molar-refractivity contribution in [1.29, 1.82) is 0 Å². The molecular weight excluding hydrogens is 433 g/mol. The molecule has 1 saturated heterocycles. The van der Waals surface area contributed by atoms with E-state index < -0.39 is 23.5 Å². The van der Waals surface area contributed by atoms with Gasteiger partial charge in [0.15, 0.2) is 0 Å². The number of hydrogen-bond donors (Lipinski definition) is 1. The highest BCUT2D eigenvalue weighted by atomic mass is 19.1. The van der Waals surface area contributed by atoms with Crippen molar-refractivity contribution in [2.45, 2.75) is 32.2 Å². The van der Waals surface area contributed by atoms with Crippen molar-refractivity contribution in [3.8, 4) is 5.75 Å². The number of Topliss-reactive ketones (excluding diaryl/α,β-unsaturated/α-hetero) is 1. The molecule has 0 aromatic heterocycles. The van der Waals surface area contributed by atoms with Crippen molar-refractivity contribution in [2.75, 3.05) is 11.5 Å². The zero-order valence-electron chi connectivity index (χ0n) is 18.9. The van der Waals surface area contributed by atoms with Gasteiger partial charge in [0.1, 0.15) is 17.3 Å². The highest BCUT2D eigenvalue weighted by molar-refractivity contribution is 6.51. The lowest BCUT2D eigenvalue weighted by Crippen LogP contribution is -2.29. The van der Waals surface area contributed by atoms with E-state index in [-0.39, 0.29) is 17.0 Å². The van der Waals surface area contributed by atoms with Gasteiger partial charge >= 0.3 is 0 Å². The summed E-state index contributed by atoms with van der Waals surface area (Å²) >= 11 is 0. The fourth-order valence-corrected chi connectivity index (χ4v) is 4.08. The zero-order chi connectivity index (χ0) is 24.1. The number of aliphatic hydroxyl groups excluding tert-OH is 1. The number of halogens is 1. The van der Waals surface area contributed by atoms with Gasteiger partial charge in [0.2, 0.25) is 0 Å². The molecule has 1 atom stereocenters. The highest BCUT2D eigenvalue weighted by Crippen LogP contribution is 2.42. The number of ketones is 1. The number of carbonyl (C=O) groups is 2. The standard InChI is InChI=1S/C28H26FNO4/c1-2-3-7-17-34-23-15-13-20(14-16-23)26(31)24-25(19-9-5-4-6-10-19)30(28(33)27(24)32)22-12-8-11-21(29)18-22/h4-6,8-16,18,25,31H,2-3,7,17H2,1H3/b26-24+. The molecule has 1 N–H and O–H groups in total. The van der Waals surface area contributed by atoms with Gasteiger partial charge in [0.25, 0.3) is 11.7 Å². The van der Waals surface area contributed by atoms with Crippen LogP contribution in [0.25, 0.3) is 5.76 Å². The topological polar surface area (TPSA) is 66.8 Å². The maximum atomic E-state index is 14.0. The summed E-state index contributed by atoms with van der Waals surface area (Å²) in [6, 6.07) is 20.3. The van der Waals surface area contributed by atoms with Crippen LogP contribution in [-0.4, -0.2) is 23.4 Å². The number of anilines is 1. The Hall–Kier alpha value is -3.93. The van der Waals surface area contributed by atoms with E-state index in [0.717, 1.165) is 19.3 Å². The van der Waals surface area contributed by atoms with Crippen LogP contribution in [0.4, 0.5) is 10.1 Å². The first-order chi connectivity index (χ1) is 16.5. The number of nitrogens with zero attached hydrogens (tertiary/aromatic N) is 1. The van der Waals surface area contributed by atoms with Crippen LogP contribution in [0.5, 0.6) is 5.75 Å². The average molecular weight is 460 g/mol. The molecule has 3 aromatic carbocycles. The first-order valence-electron chi connectivity index (χ1n) is 11.4. The van der Waals surface area contributed by atoms with E-state index in [4.69, 9.17) is 4.74 Å². The molecule has 0 saturated carbocycles. The minimum atomic E-state index is -0.895. The number of rotatable bonds is 8. The molecule has 1 heterocycles. The largest absolute Gasteiger partial charge is 0.507 e. The Morgan fingerprint density at radius 1 is 0.971 bits per heavy atom. The molecule has 4 rings (SSSR count). The quantitative estimate of drug-likeness (QED) is 0.194. The monoisotopic (exact) mass is 459 g/mol. The first kappa shape index (κ1) is 23.2. The third kappa shape index (κ3) is 4.71. The average Bonchev–Trinajstić information content (AvgIpc) is 3.13. The van der Waals surface area contributed by atoms with Crippen LogP contribution >= 0.6 is 0 Å². The molecule has 1 unspecified atom stereocenters. The molecule has 5 nitrogen and oxygen atoms in total. The molecule has 1 fully saturated rings. The predicted molar refractivity (Wildman–Crippen MR) is 129 cm³/mol. The second kappa shape index (κ2) is 10.3. The maximum absolute atomic E-state index is 14.0. The van der Waals surface area contributed by atoms with Gasteiger partial charge in [0.05, 0.1) is 18.2 Å². The Morgan fingerprint density at radius 3 is 2.38 bits per heavy atom. The molecule has 0 bridgehead atoms. The first-order valence-corrected chi connectivity index (χ1v) is 11.4. The van der Waals surface area contributed by atoms with Crippen molar-refractivity contribution in [3.63, 3.8) is 0 Å². The van der Waals surface area contributed by atoms with Gasteiger partial charge in [-0.1, -0.05) is 56.2 Å². The number of amides is 1. The van der Waals surface area contributed by atoms with Crippen LogP contribution < -0.4 is 9.64 Å². The Labute approximate surface area is 198 Å². The van der Waals surface area contributed by atoms with Crippen LogP contribution in [0.1, 0.15) is 43.4 Å². The van der Waals surface area contributed by atoms with E-state index >= 15 is 0 Å². The van der Waals surface area contributed by atoms with E-state index in [1.807, 2.05) is 6.07 Å². The molecule has 34 heavy (non-hydrogen) atoms. The minimum absolute atomic E-state index is 0.0444. The SMILES string of the molecule is CCCCCOc1ccc(/C(O)=C2\C(=O)C(=O)N(c3cccc(F)c3)C2c2ccccc2)cc1. The van der Waals surface area contributed by atoms with Gasteiger partial charge in [0, 0.05) is 11.3 Å². The number of aliphatic hydroxyl groups is 1. The lowest BCUT2D eigenvalue weighted by molar-refractivity contribution is -0.132. The lowest BCUT2D eigenvalue weighted by Gasteiger charge is -2.25. The summed E-state index contributed by atoms with van der Waals surface area (Å²) in [5.74, 6) is -1.80. The van der Waals surface area contributed by atoms with E-state index in [0.29, 0.717) is 23.5 Å². The Bertz CT molecular complexity index is 1200. The molecule has 1 amide bonds. The number of carbonyl (C=O) groups excluding carboxylic acids is 2. The lowest BCUT2D eigenvalue weighted by atomic mass is 9.95. The summed E-state index contributed by atoms with van der Waals surface area (Å²) in [6.07, 6.45) is 3.15. The van der Waals surface area contributed by atoms with Crippen LogP contribution in [0, 0.1) is 5.82 Å². The van der Waals surface area contributed by atoms with Crippen molar-refractivity contribution in [3.05, 3.63) is 101 Å². The van der Waals surface area contributed by atoms with Crippen LogP contribution in [0.15, 0.2) is 84.4 Å². The fraction of sp³-hybridized carbons (Fsp3) is 0.214. The molecule has 3 aromatic rings. The molecule has 1 aliphatic heterocycles. The zero-order valence-corrected chi connectivity index (χ0v) is 18.9. The van der Waals surface area contributed by atoms with Gasteiger partial charge in [-0.05, 0) is 54.4 Å². The molecule has 174 valence electrons. The third-order valence-electron chi connectivity index (χ3n) is 5.79. The molecule has 6 heteroatoms. The molecule has 0 aliphatic carbocycles. The van der Waals surface area contributed by atoms with E-state index in [2.05, 4.69) is 6.92 Å². The molecule has 0 spiro atoms. The summed E-state index contributed by atoms with van der Waals surface area (Å²) in [5.41, 5.74) is 1.21. The summed E-state index contributed by atoms with van der Waals surface area (Å²) in [4.78, 5) is 27.4. The summed E-state index contributed by atoms with van der Waals surface area (Å²) in [5, 5.41) is 11.2. The van der Waals surface area contributed by atoms with E-state index in [9.17, 15) is 19.1 Å². The van der Waals surface area contributed by atoms with E-state index in [1.54, 1.807) is 54.6 Å². The van der Waals surface area contributed by atoms with Crippen LogP contribution in [0.2, 0.25) is 0 Å². The summed E-state index contributed by atoms with van der Waals surface area (Å²) < 4.78 is 19.7. The second-order valence-electron chi connectivity index (χ2n) is 8.14.